The average Bonchev–Trinajstić information content (AvgIpc) is 3.28. The normalized spacial score (nSPS) is 14.5. The van der Waals surface area contributed by atoms with Crippen molar-refractivity contribution < 1.29 is 31.5 Å². The van der Waals surface area contributed by atoms with Crippen molar-refractivity contribution in [1.29, 1.82) is 0 Å². The predicted octanol–water partition coefficient (Wildman–Crippen LogP) is 4.02. The number of halogens is 5. The van der Waals surface area contributed by atoms with Crippen LogP contribution in [0.15, 0.2) is 30.3 Å². The van der Waals surface area contributed by atoms with Gasteiger partial charge in [0.1, 0.15) is 12.3 Å². The van der Waals surface area contributed by atoms with Crippen LogP contribution in [0.1, 0.15) is 30.1 Å². The van der Waals surface area contributed by atoms with Gasteiger partial charge in [0.2, 0.25) is 5.91 Å². The summed E-state index contributed by atoms with van der Waals surface area (Å²) in [4.78, 5) is 12.2. The molecule has 140 valence electrons. The summed E-state index contributed by atoms with van der Waals surface area (Å²) in [5, 5.41) is 5.83. The first-order valence-electron chi connectivity index (χ1n) is 7.72. The molecule has 2 aromatic rings. The smallest absolute Gasteiger partial charge is 0.433 e. The van der Waals surface area contributed by atoms with Crippen molar-refractivity contribution in [2.75, 3.05) is 5.32 Å². The number of benzene rings is 1. The molecule has 0 aliphatic heterocycles. The van der Waals surface area contributed by atoms with Crippen LogP contribution in [0, 0.1) is 0 Å². The van der Waals surface area contributed by atoms with Crippen molar-refractivity contribution in [3.63, 3.8) is 0 Å². The Kier molecular flexibility index (Phi) is 4.84. The zero-order valence-electron chi connectivity index (χ0n) is 13.3. The molecule has 1 fully saturated rings. The van der Waals surface area contributed by atoms with Crippen LogP contribution in [0.5, 0.6) is 5.75 Å². The molecule has 0 radical (unpaired) electrons. The highest BCUT2D eigenvalue weighted by Gasteiger charge is 2.38. The Balaban J connectivity index is 1.76. The molecule has 1 aromatic heterocycles. The molecule has 0 saturated heterocycles. The van der Waals surface area contributed by atoms with Gasteiger partial charge in [-0.15, -0.1) is 0 Å². The van der Waals surface area contributed by atoms with E-state index in [1.54, 1.807) is 0 Å². The van der Waals surface area contributed by atoms with Crippen molar-refractivity contribution >= 4 is 11.6 Å². The summed E-state index contributed by atoms with van der Waals surface area (Å²) >= 11 is 0. The molecule has 26 heavy (non-hydrogen) atoms. The highest BCUT2D eigenvalue weighted by atomic mass is 19.4. The molecule has 1 amide bonds. The maximum absolute atomic E-state index is 12.9. The second kappa shape index (κ2) is 6.93. The lowest BCUT2D eigenvalue weighted by molar-refractivity contribution is -0.141. The van der Waals surface area contributed by atoms with Crippen molar-refractivity contribution in [2.24, 2.45) is 0 Å². The van der Waals surface area contributed by atoms with E-state index >= 15 is 0 Å². The molecule has 0 unspecified atom stereocenters. The molecule has 1 saturated carbocycles. The van der Waals surface area contributed by atoms with Gasteiger partial charge in [0.15, 0.2) is 5.69 Å². The summed E-state index contributed by atoms with van der Waals surface area (Å²) in [6, 6.07) is 6.48. The van der Waals surface area contributed by atoms with Gasteiger partial charge in [0.05, 0.1) is 5.69 Å². The predicted molar refractivity (Wildman–Crippen MR) is 80.9 cm³/mol. The van der Waals surface area contributed by atoms with Crippen molar-refractivity contribution in [1.82, 2.24) is 9.78 Å². The van der Waals surface area contributed by atoms with Gasteiger partial charge in [0, 0.05) is 11.6 Å². The van der Waals surface area contributed by atoms with Gasteiger partial charge in [0.25, 0.3) is 0 Å². The van der Waals surface area contributed by atoms with Crippen molar-refractivity contribution in [3.05, 3.63) is 41.7 Å². The van der Waals surface area contributed by atoms with Gasteiger partial charge in [-0.25, -0.2) is 0 Å². The third-order valence-corrected chi connectivity index (χ3v) is 3.77. The molecule has 1 aliphatic rings. The number of para-hydroxylation sites is 2. The van der Waals surface area contributed by atoms with E-state index in [0.29, 0.717) is 5.69 Å². The number of aromatic nitrogens is 2. The summed E-state index contributed by atoms with van der Waals surface area (Å²) in [7, 11) is 0. The van der Waals surface area contributed by atoms with E-state index in [9.17, 15) is 26.7 Å². The Morgan fingerprint density at radius 1 is 1.31 bits per heavy atom. The summed E-state index contributed by atoms with van der Waals surface area (Å²) in [5.74, 6) is -0.996. The fourth-order valence-corrected chi connectivity index (χ4v) is 2.50. The third kappa shape index (κ3) is 4.30. The number of ether oxygens (including phenoxy) is 1. The van der Waals surface area contributed by atoms with Crippen molar-refractivity contribution in [3.8, 4) is 5.75 Å². The lowest BCUT2D eigenvalue weighted by Gasteiger charge is -2.12. The minimum absolute atomic E-state index is 0.00558. The molecule has 3 rings (SSSR count). The highest BCUT2D eigenvalue weighted by Crippen LogP contribution is 2.42. The lowest BCUT2D eigenvalue weighted by Crippen LogP contribution is -2.22. The molecule has 0 spiro atoms. The minimum Gasteiger partial charge on any atom is -0.433 e. The van der Waals surface area contributed by atoms with Crippen LogP contribution in [-0.2, 0) is 17.5 Å². The Labute approximate surface area is 144 Å². The van der Waals surface area contributed by atoms with E-state index in [4.69, 9.17) is 0 Å². The molecule has 1 aromatic carbocycles. The Bertz CT molecular complexity index is 799. The van der Waals surface area contributed by atoms with Gasteiger partial charge < -0.3 is 10.1 Å². The number of nitrogens with zero attached hydrogens (tertiary/aromatic N) is 2. The molecular formula is C16H14F5N3O2. The van der Waals surface area contributed by atoms with Gasteiger partial charge in [-0.05, 0) is 31.0 Å². The van der Waals surface area contributed by atoms with Gasteiger partial charge in [-0.3, -0.25) is 9.48 Å². The van der Waals surface area contributed by atoms with Crippen LogP contribution in [0.25, 0.3) is 0 Å². The fourth-order valence-electron chi connectivity index (χ4n) is 2.50. The van der Waals surface area contributed by atoms with Crippen LogP contribution >= 0.6 is 0 Å². The first-order chi connectivity index (χ1) is 12.2. The molecule has 5 nitrogen and oxygen atoms in total. The summed E-state index contributed by atoms with van der Waals surface area (Å²) in [6.45, 7) is -3.54. The third-order valence-electron chi connectivity index (χ3n) is 3.77. The first-order valence-corrected chi connectivity index (χ1v) is 7.72. The van der Waals surface area contributed by atoms with E-state index in [1.165, 1.54) is 24.3 Å². The Morgan fingerprint density at radius 2 is 2.00 bits per heavy atom. The van der Waals surface area contributed by atoms with Crippen molar-refractivity contribution in [2.45, 2.75) is 38.1 Å². The molecule has 0 atom stereocenters. The zero-order chi connectivity index (χ0) is 18.9. The highest BCUT2D eigenvalue weighted by molar-refractivity contribution is 5.92. The number of amides is 1. The minimum atomic E-state index is -4.61. The average molecular weight is 375 g/mol. The molecule has 1 aliphatic carbocycles. The second-order valence-electron chi connectivity index (χ2n) is 5.81. The van der Waals surface area contributed by atoms with Gasteiger partial charge >= 0.3 is 12.8 Å². The number of nitrogens with one attached hydrogen (secondary N) is 1. The monoisotopic (exact) mass is 375 g/mol. The zero-order valence-corrected chi connectivity index (χ0v) is 13.3. The Morgan fingerprint density at radius 3 is 2.62 bits per heavy atom. The topological polar surface area (TPSA) is 56.2 Å². The molecule has 1 heterocycles. The number of carbonyl (C=O) groups excluding carboxylic acids is 1. The maximum Gasteiger partial charge on any atom is 0.435 e. The number of rotatable bonds is 6. The Hall–Kier alpha value is -2.65. The summed E-state index contributed by atoms with van der Waals surface area (Å²) in [5.41, 5.74) is -0.729. The summed E-state index contributed by atoms with van der Waals surface area (Å²) < 4.78 is 68.7. The number of hydrogen-bond donors (Lipinski definition) is 1. The molecule has 10 heteroatoms. The van der Waals surface area contributed by atoms with E-state index in [-0.39, 0.29) is 17.4 Å². The van der Waals surface area contributed by atoms with Crippen LogP contribution in [0.3, 0.4) is 0 Å². The van der Waals surface area contributed by atoms with E-state index in [0.717, 1.165) is 23.6 Å². The van der Waals surface area contributed by atoms with Gasteiger partial charge in [-0.2, -0.15) is 27.1 Å². The quantitative estimate of drug-likeness (QED) is 0.776. The largest absolute Gasteiger partial charge is 0.435 e. The van der Waals surface area contributed by atoms with Crippen LogP contribution in [0.4, 0.5) is 27.6 Å². The number of anilines is 1. The second-order valence-corrected chi connectivity index (χ2v) is 5.81. The fraction of sp³-hybridized carbons (Fsp3) is 0.375. The van der Waals surface area contributed by atoms with E-state index in [2.05, 4.69) is 15.2 Å². The van der Waals surface area contributed by atoms with E-state index in [1.807, 2.05) is 0 Å². The van der Waals surface area contributed by atoms with Crippen LogP contribution in [-0.4, -0.2) is 22.3 Å². The summed E-state index contributed by atoms with van der Waals surface area (Å²) in [6.07, 6.45) is -3.14. The lowest BCUT2D eigenvalue weighted by atomic mass is 10.2. The molecule has 0 bridgehead atoms. The van der Waals surface area contributed by atoms with Crippen LogP contribution in [0.2, 0.25) is 0 Å². The molecule has 1 N–H and O–H groups in total. The van der Waals surface area contributed by atoms with Gasteiger partial charge in [-0.1, -0.05) is 12.1 Å². The van der Waals surface area contributed by atoms with E-state index < -0.39 is 30.9 Å². The number of alkyl halides is 5. The first kappa shape index (κ1) is 18.2. The molecular weight excluding hydrogens is 361 g/mol. The number of carbonyl (C=O) groups is 1. The van der Waals surface area contributed by atoms with Crippen LogP contribution < -0.4 is 10.1 Å². The number of hydrogen-bond acceptors (Lipinski definition) is 3. The SMILES string of the molecule is O=C(Cn1nc(C(F)(F)F)cc1C1CC1)Nc1ccccc1OC(F)F. The standard InChI is InChI=1S/C16H14F5N3O2/c17-15(18)26-12-4-2-1-3-10(12)22-14(25)8-24-11(9-5-6-9)7-13(23-24)16(19,20)21/h1-4,7,9,15H,5-6,8H2,(H,22,25). The maximum atomic E-state index is 12.9.